The first kappa shape index (κ1) is 58.6. The van der Waals surface area contributed by atoms with Gasteiger partial charge in [-0.25, -0.2) is 0 Å². The fraction of sp³-hybridized carbons (Fsp3) is 0.833. The summed E-state index contributed by atoms with van der Waals surface area (Å²) in [4.78, 5) is 39.3. The first-order valence-electron chi connectivity index (χ1n) is 21.2. The molecule has 0 saturated carbocycles. The lowest BCUT2D eigenvalue weighted by Crippen LogP contribution is -2.26. The van der Waals surface area contributed by atoms with Crippen LogP contribution in [0.4, 0.5) is 52.7 Å². The number of carbonyl (C=O) groups is 3. The molecule has 0 aromatic carbocycles. The van der Waals surface area contributed by atoms with E-state index in [1.54, 1.807) is 13.8 Å². The van der Waals surface area contributed by atoms with Crippen LogP contribution in [0.25, 0.3) is 0 Å². The third-order valence-electron chi connectivity index (χ3n) is 9.95. The number of ether oxygens (including phenoxy) is 2. The summed E-state index contributed by atoms with van der Waals surface area (Å²) in [7, 11) is 3.12. The minimum absolute atomic E-state index is 0.0320. The van der Waals surface area contributed by atoms with Gasteiger partial charge in [-0.3, -0.25) is 14.4 Å². The second kappa shape index (κ2) is 30.7. The largest absolute Gasteiger partial charge is 0.466 e. The van der Waals surface area contributed by atoms with Crippen molar-refractivity contribution < 1.29 is 76.5 Å². The third kappa shape index (κ3) is 31.2. The van der Waals surface area contributed by atoms with Gasteiger partial charge in [0.2, 0.25) is 0 Å². The molecular formula is C42H66F12NO5P. The first-order valence-corrected chi connectivity index (χ1v) is 22.9. The van der Waals surface area contributed by atoms with Crippen LogP contribution in [0.15, 0.2) is 23.3 Å². The van der Waals surface area contributed by atoms with Gasteiger partial charge < -0.3 is 14.4 Å². The lowest BCUT2D eigenvalue weighted by atomic mass is 10.0. The Kier molecular flexibility index (Phi) is 29.5. The van der Waals surface area contributed by atoms with E-state index < -0.39 is 68.6 Å². The second-order valence-electron chi connectivity index (χ2n) is 15.9. The number of carbonyl (C=O) groups excluding carboxylic acids is 3. The number of alkyl halides is 12. The van der Waals surface area contributed by atoms with Gasteiger partial charge >= 0.3 is 36.6 Å². The van der Waals surface area contributed by atoms with Gasteiger partial charge in [0.1, 0.15) is 11.1 Å². The van der Waals surface area contributed by atoms with Crippen LogP contribution < -0.4 is 0 Å². The molecular weight excluding hydrogens is 857 g/mol. The highest BCUT2D eigenvalue weighted by atomic mass is 31.1. The second-order valence-corrected chi connectivity index (χ2v) is 18.4. The molecule has 6 nitrogen and oxygen atoms in total. The molecule has 0 rings (SSSR count). The molecule has 0 N–H and O–H groups in total. The van der Waals surface area contributed by atoms with Gasteiger partial charge in [-0.05, 0) is 123 Å². The molecule has 0 bridgehead atoms. The highest BCUT2D eigenvalue weighted by molar-refractivity contribution is 7.74. The Morgan fingerprint density at radius 2 is 0.852 bits per heavy atom. The maximum atomic E-state index is 13.1. The number of allylic oxidation sites excluding steroid dienone is 4. The predicted octanol–water partition coefficient (Wildman–Crippen LogP) is 13.8. The summed E-state index contributed by atoms with van der Waals surface area (Å²) in [6.07, 6.45) is -10.0. The summed E-state index contributed by atoms with van der Waals surface area (Å²) in [6, 6.07) is 0. The van der Waals surface area contributed by atoms with Crippen LogP contribution >= 0.6 is 7.92 Å². The Morgan fingerprint density at radius 3 is 1.20 bits per heavy atom. The Morgan fingerprint density at radius 1 is 0.508 bits per heavy atom. The zero-order valence-electron chi connectivity index (χ0n) is 36.0. The summed E-state index contributed by atoms with van der Waals surface area (Å²) in [5.41, 5.74) is -4.71. The Bertz CT molecular complexity index is 1180. The van der Waals surface area contributed by atoms with Crippen molar-refractivity contribution in [2.24, 2.45) is 11.8 Å². The standard InChI is InChI=1S/C42H66F12NO5P/c1-32(18-15-20-34(39(43,44)45)40(46,47)48)25-28-59-36(56)22-11-7-5-9-13-30-61(38(58)24-17-27-55(3)4)31-14-10-6-8-12-23-37(57)60-29-26-33(2)19-16-21-35(41(49,50)51)42(52,53)54/h20-21,32-33H,5-19,22-31H2,1-4H3. The maximum absolute atomic E-state index is 13.1. The summed E-state index contributed by atoms with van der Waals surface area (Å²) in [5, 5.41) is 0. The van der Waals surface area contributed by atoms with Crippen LogP contribution in [0.2, 0.25) is 0 Å². The van der Waals surface area contributed by atoms with E-state index in [9.17, 15) is 67.1 Å². The van der Waals surface area contributed by atoms with E-state index in [0.717, 1.165) is 76.7 Å². The summed E-state index contributed by atoms with van der Waals surface area (Å²) < 4.78 is 162. The maximum Gasteiger partial charge on any atom is 0.420 e. The van der Waals surface area contributed by atoms with Crippen LogP contribution in [0.1, 0.15) is 142 Å². The summed E-state index contributed by atoms with van der Waals surface area (Å²) >= 11 is 0. The normalized spacial score (nSPS) is 14.0. The molecule has 0 aliphatic heterocycles. The lowest BCUT2D eigenvalue weighted by molar-refractivity contribution is -0.173. The zero-order valence-corrected chi connectivity index (χ0v) is 36.9. The van der Waals surface area contributed by atoms with E-state index in [1.165, 1.54) is 0 Å². The Balaban J connectivity index is 4.36. The van der Waals surface area contributed by atoms with Crippen molar-refractivity contribution >= 4 is 25.4 Å². The fourth-order valence-corrected chi connectivity index (χ4v) is 8.67. The SMILES string of the molecule is CC(CCC=C(C(F)(F)F)C(F)(F)F)CCOC(=O)CCCCCCCP(CCCCCCCC(=O)OCCC(C)CCC=C(C(F)(F)F)C(F)(F)F)C(=O)CCCN(C)C. The van der Waals surface area contributed by atoms with E-state index in [4.69, 9.17) is 9.47 Å². The monoisotopic (exact) mass is 923 g/mol. The number of unbranched alkanes of at least 4 members (excludes halogenated alkanes) is 8. The van der Waals surface area contributed by atoms with Gasteiger partial charge in [-0.1, -0.05) is 64.5 Å². The van der Waals surface area contributed by atoms with Crippen LogP contribution in [-0.2, 0) is 23.9 Å². The molecule has 0 radical (unpaired) electrons. The van der Waals surface area contributed by atoms with Gasteiger partial charge in [0.15, 0.2) is 5.52 Å². The number of rotatable bonds is 33. The molecule has 0 aromatic rings. The molecule has 0 spiro atoms. The molecule has 0 saturated heterocycles. The smallest absolute Gasteiger partial charge is 0.420 e. The molecule has 19 heteroatoms. The van der Waals surface area contributed by atoms with Crippen molar-refractivity contribution in [3.8, 4) is 0 Å². The van der Waals surface area contributed by atoms with E-state index in [-0.39, 0.29) is 62.9 Å². The topological polar surface area (TPSA) is 72.9 Å². The average Bonchev–Trinajstić information content (AvgIpc) is 3.11. The molecule has 358 valence electrons. The molecule has 0 fully saturated rings. The van der Waals surface area contributed by atoms with E-state index in [0.29, 0.717) is 37.6 Å². The van der Waals surface area contributed by atoms with E-state index in [1.807, 2.05) is 19.0 Å². The van der Waals surface area contributed by atoms with Crippen molar-refractivity contribution in [3.05, 3.63) is 23.3 Å². The highest BCUT2D eigenvalue weighted by Gasteiger charge is 2.51. The number of nitrogens with zero attached hydrogens (tertiary/aromatic N) is 1. The lowest BCUT2D eigenvalue weighted by Gasteiger charge is -2.17. The minimum Gasteiger partial charge on any atom is -0.466 e. The van der Waals surface area contributed by atoms with Gasteiger partial charge in [-0.15, -0.1) is 0 Å². The molecule has 2 atom stereocenters. The van der Waals surface area contributed by atoms with Crippen LogP contribution in [0.5, 0.6) is 0 Å². The number of esters is 2. The van der Waals surface area contributed by atoms with Crippen LogP contribution in [0, 0.1) is 11.8 Å². The highest BCUT2D eigenvalue weighted by Crippen LogP contribution is 2.42. The summed E-state index contributed by atoms with van der Waals surface area (Å²) in [5.74, 6) is -1.30. The van der Waals surface area contributed by atoms with Crippen LogP contribution in [0.3, 0.4) is 0 Å². The molecule has 61 heavy (non-hydrogen) atoms. The molecule has 0 heterocycles. The van der Waals surface area contributed by atoms with Crippen molar-refractivity contribution in [1.82, 2.24) is 4.90 Å². The average molecular weight is 924 g/mol. The fourth-order valence-electron chi connectivity index (χ4n) is 6.26. The first-order chi connectivity index (χ1) is 28.2. The van der Waals surface area contributed by atoms with Gasteiger partial charge in [0.25, 0.3) is 0 Å². The van der Waals surface area contributed by atoms with Crippen molar-refractivity contribution in [2.75, 3.05) is 46.2 Å². The number of halogens is 12. The van der Waals surface area contributed by atoms with Crippen LogP contribution in [-0.4, -0.2) is 93.2 Å². The van der Waals surface area contributed by atoms with Crippen molar-refractivity contribution in [3.63, 3.8) is 0 Å². The molecule has 0 aromatic heterocycles. The summed E-state index contributed by atoms with van der Waals surface area (Å²) in [6.45, 7) is 4.22. The number of hydrogen-bond acceptors (Lipinski definition) is 6. The number of hydrogen-bond donors (Lipinski definition) is 0. The molecule has 0 amide bonds. The molecule has 2 unspecified atom stereocenters. The quantitative estimate of drug-likeness (QED) is 0.0215. The van der Waals surface area contributed by atoms with Gasteiger partial charge in [-0.2, -0.15) is 52.7 Å². The Hall–Kier alpha value is -2.36. The molecule has 0 aliphatic rings. The van der Waals surface area contributed by atoms with E-state index >= 15 is 0 Å². The minimum atomic E-state index is -5.48. The zero-order chi connectivity index (χ0) is 46.7. The van der Waals surface area contributed by atoms with Gasteiger partial charge in [0, 0.05) is 19.3 Å². The van der Waals surface area contributed by atoms with Gasteiger partial charge in [0.05, 0.1) is 13.2 Å². The van der Waals surface area contributed by atoms with Crippen molar-refractivity contribution in [2.45, 2.75) is 167 Å². The molecule has 0 aliphatic carbocycles. The van der Waals surface area contributed by atoms with E-state index in [2.05, 4.69) is 0 Å². The predicted molar refractivity (Wildman–Crippen MR) is 213 cm³/mol. The Labute approximate surface area is 354 Å². The third-order valence-corrected chi connectivity index (χ3v) is 12.6. The van der Waals surface area contributed by atoms with Crippen molar-refractivity contribution in [1.29, 1.82) is 0 Å².